The molecule has 0 spiro atoms. The number of aromatic nitrogens is 1. The Kier molecular flexibility index (Phi) is 3.96. The number of fused-ring (bicyclic) bond motifs is 1. The summed E-state index contributed by atoms with van der Waals surface area (Å²) in [7, 11) is 3.34. The van der Waals surface area contributed by atoms with E-state index in [2.05, 4.69) is 10.3 Å². The summed E-state index contributed by atoms with van der Waals surface area (Å²) in [6.45, 7) is 0.525. The van der Waals surface area contributed by atoms with E-state index in [1.54, 1.807) is 25.1 Å². The number of carbonyl (C=O) groups excluding carboxylic acids is 1. The highest BCUT2D eigenvalue weighted by Crippen LogP contribution is 2.22. The van der Waals surface area contributed by atoms with Gasteiger partial charge in [0.25, 0.3) is 5.91 Å². The molecule has 2 aromatic rings. The fourth-order valence-corrected chi connectivity index (χ4v) is 3.02. The van der Waals surface area contributed by atoms with Crippen molar-refractivity contribution in [2.75, 3.05) is 20.7 Å². The van der Waals surface area contributed by atoms with Crippen molar-refractivity contribution in [1.29, 1.82) is 0 Å². The van der Waals surface area contributed by atoms with Crippen LogP contribution in [0.3, 0.4) is 0 Å². The van der Waals surface area contributed by atoms with Crippen LogP contribution in [0.4, 0.5) is 0 Å². The van der Waals surface area contributed by atoms with E-state index in [9.17, 15) is 9.59 Å². The fourth-order valence-electron chi connectivity index (χ4n) is 3.02. The highest BCUT2D eigenvalue weighted by Gasteiger charge is 2.35. The second-order valence-corrected chi connectivity index (χ2v) is 5.84. The molecule has 7 nitrogen and oxygen atoms in total. The molecule has 1 aromatic carbocycles. The van der Waals surface area contributed by atoms with E-state index in [-0.39, 0.29) is 11.9 Å². The highest BCUT2D eigenvalue weighted by molar-refractivity contribution is 5.98. The van der Waals surface area contributed by atoms with Crippen LogP contribution in [-0.4, -0.2) is 59.7 Å². The van der Waals surface area contributed by atoms with Crippen LogP contribution >= 0.6 is 0 Å². The monoisotopic (exact) mass is 317 g/mol. The third-order valence-electron chi connectivity index (χ3n) is 4.24. The van der Waals surface area contributed by atoms with Gasteiger partial charge in [-0.05, 0) is 37.7 Å². The number of nitrogens with one attached hydrogen (secondary N) is 2. The van der Waals surface area contributed by atoms with Crippen LogP contribution in [0, 0.1) is 0 Å². The van der Waals surface area contributed by atoms with E-state index < -0.39 is 12.0 Å². The summed E-state index contributed by atoms with van der Waals surface area (Å²) >= 11 is 0. The molecule has 122 valence electrons. The summed E-state index contributed by atoms with van der Waals surface area (Å²) in [5, 5.41) is 12.9. The number of carbonyl (C=O) groups is 2. The summed E-state index contributed by atoms with van der Waals surface area (Å²) in [4.78, 5) is 28.3. The van der Waals surface area contributed by atoms with Gasteiger partial charge in [0.05, 0.1) is 7.11 Å². The van der Waals surface area contributed by atoms with Crippen LogP contribution < -0.4 is 10.1 Å². The molecule has 0 aliphatic carbocycles. The lowest BCUT2D eigenvalue weighted by atomic mass is 10.1. The van der Waals surface area contributed by atoms with E-state index in [1.807, 2.05) is 18.2 Å². The number of aromatic amines is 1. The van der Waals surface area contributed by atoms with Gasteiger partial charge in [-0.25, -0.2) is 0 Å². The number of nitrogens with zero attached hydrogens (tertiary/aromatic N) is 1. The molecular weight excluding hydrogens is 298 g/mol. The molecule has 0 unspecified atom stereocenters. The number of carboxylic acids is 1. The van der Waals surface area contributed by atoms with Crippen molar-refractivity contribution in [2.24, 2.45) is 0 Å². The van der Waals surface area contributed by atoms with Gasteiger partial charge in [0, 0.05) is 23.5 Å². The molecule has 0 bridgehead atoms. The molecule has 2 heterocycles. The summed E-state index contributed by atoms with van der Waals surface area (Å²) in [5.41, 5.74) is 1.30. The van der Waals surface area contributed by atoms with Gasteiger partial charge < -0.3 is 20.1 Å². The summed E-state index contributed by atoms with van der Waals surface area (Å²) < 4.78 is 5.17. The van der Waals surface area contributed by atoms with E-state index in [0.717, 1.165) is 16.7 Å². The number of hydrogen-bond donors (Lipinski definition) is 3. The minimum Gasteiger partial charge on any atom is -0.497 e. The van der Waals surface area contributed by atoms with Crippen LogP contribution in [0.1, 0.15) is 16.9 Å². The highest BCUT2D eigenvalue weighted by atomic mass is 16.5. The first-order valence-corrected chi connectivity index (χ1v) is 7.38. The van der Waals surface area contributed by atoms with Crippen molar-refractivity contribution in [3.8, 4) is 5.75 Å². The summed E-state index contributed by atoms with van der Waals surface area (Å²) in [5.74, 6) is -0.364. The Morgan fingerprint density at radius 1 is 1.39 bits per heavy atom. The van der Waals surface area contributed by atoms with Gasteiger partial charge in [0.2, 0.25) is 0 Å². The van der Waals surface area contributed by atoms with E-state index >= 15 is 0 Å². The maximum Gasteiger partial charge on any atom is 0.320 e. The predicted molar refractivity (Wildman–Crippen MR) is 84.8 cm³/mol. The molecule has 1 fully saturated rings. The van der Waals surface area contributed by atoms with Crippen LogP contribution in [0.25, 0.3) is 10.9 Å². The van der Waals surface area contributed by atoms with Gasteiger partial charge in [0.1, 0.15) is 17.5 Å². The van der Waals surface area contributed by atoms with E-state index in [4.69, 9.17) is 9.84 Å². The van der Waals surface area contributed by atoms with Crippen molar-refractivity contribution < 1.29 is 19.4 Å². The third kappa shape index (κ3) is 3.00. The third-order valence-corrected chi connectivity index (χ3v) is 4.24. The zero-order chi connectivity index (χ0) is 16.6. The van der Waals surface area contributed by atoms with Crippen molar-refractivity contribution in [3.05, 3.63) is 30.0 Å². The Bertz CT molecular complexity index is 755. The molecule has 0 radical (unpaired) electrons. The first-order chi connectivity index (χ1) is 11.0. The normalized spacial score (nSPS) is 21.5. The summed E-state index contributed by atoms with van der Waals surface area (Å²) in [6.07, 6.45) is 0.408. The number of H-pyrrole nitrogens is 1. The molecule has 3 N–H and O–H groups in total. The quantitative estimate of drug-likeness (QED) is 0.784. The van der Waals surface area contributed by atoms with Crippen molar-refractivity contribution in [1.82, 2.24) is 15.2 Å². The largest absolute Gasteiger partial charge is 0.497 e. The topological polar surface area (TPSA) is 94.7 Å². The Labute approximate surface area is 133 Å². The van der Waals surface area contributed by atoms with Crippen molar-refractivity contribution in [3.63, 3.8) is 0 Å². The maximum absolute atomic E-state index is 12.4. The Hall–Kier alpha value is -2.54. The number of methoxy groups -OCH3 is 1. The van der Waals surface area contributed by atoms with Crippen LogP contribution in [0.5, 0.6) is 5.75 Å². The average molecular weight is 317 g/mol. The van der Waals surface area contributed by atoms with E-state index in [1.165, 1.54) is 0 Å². The molecule has 2 atom stereocenters. The molecule has 0 saturated carbocycles. The fraction of sp³-hybridized carbons (Fsp3) is 0.375. The van der Waals surface area contributed by atoms with Gasteiger partial charge in [-0.1, -0.05) is 0 Å². The van der Waals surface area contributed by atoms with E-state index in [0.29, 0.717) is 18.7 Å². The van der Waals surface area contributed by atoms with Crippen molar-refractivity contribution in [2.45, 2.75) is 18.5 Å². The average Bonchev–Trinajstić information content (AvgIpc) is 3.09. The number of ether oxygens (including phenoxy) is 1. The second kappa shape index (κ2) is 5.92. The molecule has 23 heavy (non-hydrogen) atoms. The molecule has 1 aromatic heterocycles. The molecular formula is C16H19N3O4. The zero-order valence-corrected chi connectivity index (χ0v) is 13.0. The van der Waals surface area contributed by atoms with Gasteiger partial charge in [0.15, 0.2) is 0 Å². The SMILES string of the molecule is COc1ccc2[nH]c(C(=O)N[C@H]3C[C@@H](C(=O)O)N(C)C3)cc2c1. The lowest BCUT2D eigenvalue weighted by molar-refractivity contribution is -0.141. The Balaban J connectivity index is 1.72. The van der Waals surface area contributed by atoms with Gasteiger partial charge in [-0.2, -0.15) is 0 Å². The number of hydrogen-bond acceptors (Lipinski definition) is 4. The number of rotatable bonds is 4. The first-order valence-electron chi connectivity index (χ1n) is 7.38. The Morgan fingerprint density at radius 3 is 2.83 bits per heavy atom. The van der Waals surface area contributed by atoms with Gasteiger partial charge >= 0.3 is 5.97 Å². The number of likely N-dealkylation sites (tertiary alicyclic amines) is 1. The minimum absolute atomic E-state index is 0.172. The molecule has 1 amide bonds. The molecule has 7 heteroatoms. The van der Waals surface area contributed by atoms with Crippen LogP contribution in [0.2, 0.25) is 0 Å². The number of aliphatic carboxylic acids is 1. The predicted octanol–water partition coefficient (Wildman–Crippen LogP) is 1.06. The van der Waals surface area contributed by atoms with Gasteiger partial charge in [-0.3, -0.25) is 14.5 Å². The molecule has 1 aliphatic heterocycles. The maximum atomic E-state index is 12.4. The molecule has 1 aliphatic rings. The first kappa shape index (κ1) is 15.4. The van der Waals surface area contributed by atoms with Crippen LogP contribution in [0.15, 0.2) is 24.3 Å². The minimum atomic E-state index is -0.859. The van der Waals surface area contributed by atoms with Gasteiger partial charge in [-0.15, -0.1) is 0 Å². The summed E-state index contributed by atoms with van der Waals surface area (Å²) in [6, 6.07) is 6.58. The van der Waals surface area contributed by atoms with Crippen molar-refractivity contribution >= 4 is 22.8 Å². The number of carboxylic acid groups (broad SMARTS) is 1. The molecule has 1 saturated heterocycles. The molecule has 3 rings (SSSR count). The Morgan fingerprint density at radius 2 is 2.17 bits per heavy atom. The number of benzene rings is 1. The lowest BCUT2D eigenvalue weighted by Crippen LogP contribution is -2.36. The zero-order valence-electron chi connectivity index (χ0n) is 13.0. The smallest absolute Gasteiger partial charge is 0.320 e. The second-order valence-electron chi connectivity index (χ2n) is 5.84. The standard InChI is InChI=1S/C16H19N3O4/c1-19-8-10(7-14(19)16(21)22)17-15(20)13-6-9-5-11(23-2)3-4-12(9)18-13/h3-6,10,14,18H,7-8H2,1-2H3,(H,17,20)(H,21,22)/t10-,14-/m0/s1. The van der Waals surface area contributed by atoms with Crippen LogP contribution in [-0.2, 0) is 4.79 Å². The number of amides is 1. The lowest BCUT2D eigenvalue weighted by Gasteiger charge is -2.13. The number of likely N-dealkylation sites (N-methyl/N-ethyl adjacent to an activating group) is 1.